The highest BCUT2D eigenvalue weighted by atomic mass is 16.5. The van der Waals surface area contributed by atoms with Crippen LogP contribution in [0.25, 0.3) is 32.7 Å². The van der Waals surface area contributed by atoms with Crippen LogP contribution in [0.2, 0.25) is 0 Å². The minimum atomic E-state index is -0.389. The highest BCUT2D eigenvalue weighted by Gasteiger charge is 2.10. The Hall–Kier alpha value is -5.29. The van der Waals surface area contributed by atoms with Gasteiger partial charge in [0.2, 0.25) is 0 Å². The molecule has 0 bridgehead atoms. The lowest BCUT2D eigenvalue weighted by molar-refractivity contribution is 0.0735. The molecule has 0 atom stereocenters. The molecule has 0 N–H and O–H groups in total. The lowest BCUT2D eigenvalue weighted by atomic mass is 10.0. The minimum absolute atomic E-state index is 0.389. The van der Waals surface area contributed by atoms with E-state index < -0.39 is 0 Å². The molecule has 0 aromatic heterocycles. The Bertz CT molecular complexity index is 1910. The van der Waals surface area contributed by atoms with Crippen molar-refractivity contribution < 1.29 is 14.3 Å². The summed E-state index contributed by atoms with van der Waals surface area (Å²) in [6.07, 6.45) is 6.11. The van der Waals surface area contributed by atoms with Crippen molar-refractivity contribution in [3.05, 3.63) is 133 Å². The summed E-state index contributed by atoms with van der Waals surface area (Å²) in [7, 11) is 0. The number of esters is 1. The molecule has 0 saturated carbocycles. The minimum Gasteiger partial charge on any atom is -0.494 e. The van der Waals surface area contributed by atoms with E-state index in [-0.39, 0.29) is 5.97 Å². The molecule has 0 unspecified atom stereocenters. The van der Waals surface area contributed by atoms with Gasteiger partial charge in [-0.2, -0.15) is 10.2 Å². The first-order valence-electron chi connectivity index (χ1n) is 15.6. The van der Waals surface area contributed by atoms with E-state index in [9.17, 15) is 4.79 Å². The van der Waals surface area contributed by atoms with Crippen molar-refractivity contribution in [1.82, 2.24) is 0 Å². The number of ether oxygens (including phenoxy) is 2. The molecule has 0 aliphatic carbocycles. The van der Waals surface area contributed by atoms with Crippen LogP contribution in [0.15, 0.2) is 138 Å². The van der Waals surface area contributed by atoms with Crippen LogP contribution in [-0.2, 0) is 0 Å². The van der Waals surface area contributed by atoms with Gasteiger partial charge in [-0.05, 0) is 99.8 Å². The summed E-state index contributed by atoms with van der Waals surface area (Å²) >= 11 is 0. The highest BCUT2D eigenvalue weighted by Crippen LogP contribution is 2.29. The van der Waals surface area contributed by atoms with Crippen molar-refractivity contribution in [2.24, 2.45) is 10.2 Å². The molecule has 0 fully saturated rings. The average molecular weight is 593 g/mol. The van der Waals surface area contributed by atoms with Crippen LogP contribution in [0.3, 0.4) is 0 Å². The number of fused-ring (bicyclic) bond motifs is 3. The zero-order valence-corrected chi connectivity index (χ0v) is 25.5. The lowest BCUT2D eigenvalue weighted by Crippen LogP contribution is -2.08. The number of nitrogens with zero attached hydrogens (tertiary/aromatic N) is 2. The molecule has 0 saturated heterocycles. The number of hydrogen-bond donors (Lipinski definition) is 0. The first-order chi connectivity index (χ1) is 22.2. The van der Waals surface area contributed by atoms with Gasteiger partial charge in [0.1, 0.15) is 11.5 Å². The van der Waals surface area contributed by atoms with Gasteiger partial charge in [-0.1, -0.05) is 99.3 Å². The quantitative estimate of drug-likeness (QED) is 0.0467. The number of carbonyl (C=O) groups excluding carboxylic acids is 1. The SMILES string of the molecule is CCCCCCCOc1ccc(N=Nc2ccc(-c3ccc(C(=O)Oc4ccc5c(ccc6ccccc65)c4)cc3)cc2)cc1. The number of unbranched alkanes of at least 4 members (excludes halogenated alkanes) is 4. The van der Waals surface area contributed by atoms with Crippen LogP contribution < -0.4 is 9.47 Å². The standard InChI is InChI=1S/C40H36N2O3/c1-2-3-4-5-8-27-44-36-23-21-35(22-24-36)42-41-34-19-17-30(18-20-34)29-11-14-32(15-12-29)40(43)45-37-25-26-39-33(28-37)16-13-31-9-6-7-10-38(31)39/h6-7,9-26,28H,2-5,8,27H2,1H3. The number of hydrogen-bond acceptors (Lipinski definition) is 5. The van der Waals surface area contributed by atoms with Gasteiger partial charge < -0.3 is 9.47 Å². The molecule has 6 aromatic rings. The van der Waals surface area contributed by atoms with E-state index in [1.807, 2.05) is 91.0 Å². The van der Waals surface area contributed by atoms with Crippen LogP contribution >= 0.6 is 0 Å². The molecule has 0 aliphatic rings. The molecule has 0 spiro atoms. The largest absolute Gasteiger partial charge is 0.494 e. The fourth-order valence-corrected chi connectivity index (χ4v) is 5.36. The number of carbonyl (C=O) groups is 1. The van der Waals surface area contributed by atoms with E-state index in [4.69, 9.17) is 9.47 Å². The zero-order chi connectivity index (χ0) is 30.8. The third-order valence-corrected chi connectivity index (χ3v) is 7.88. The van der Waals surface area contributed by atoms with Gasteiger partial charge in [-0.25, -0.2) is 4.79 Å². The Morgan fingerprint density at radius 2 is 1.18 bits per heavy atom. The van der Waals surface area contributed by atoms with Crippen LogP contribution in [0.5, 0.6) is 11.5 Å². The van der Waals surface area contributed by atoms with Gasteiger partial charge in [-0.15, -0.1) is 0 Å². The smallest absolute Gasteiger partial charge is 0.343 e. The lowest BCUT2D eigenvalue weighted by Gasteiger charge is -2.08. The maximum atomic E-state index is 12.9. The van der Waals surface area contributed by atoms with Crippen LogP contribution in [0, 0.1) is 0 Å². The second kappa shape index (κ2) is 14.5. The Kier molecular flexibility index (Phi) is 9.56. The van der Waals surface area contributed by atoms with Crippen LogP contribution in [-0.4, -0.2) is 12.6 Å². The van der Waals surface area contributed by atoms with Gasteiger partial charge in [0, 0.05) is 0 Å². The molecule has 6 aromatic carbocycles. The summed E-state index contributed by atoms with van der Waals surface area (Å²) in [5.74, 6) is 0.990. The second-order valence-electron chi connectivity index (χ2n) is 11.1. The number of azo groups is 1. The molecule has 5 heteroatoms. The predicted molar refractivity (Wildman–Crippen MR) is 183 cm³/mol. The van der Waals surface area contributed by atoms with E-state index in [1.54, 1.807) is 12.1 Å². The fraction of sp³-hybridized carbons (Fsp3) is 0.175. The molecule has 6 rings (SSSR count). The Labute approximate surface area is 264 Å². The van der Waals surface area contributed by atoms with Crippen molar-refractivity contribution in [3.8, 4) is 22.6 Å². The Morgan fingerprint density at radius 1 is 0.578 bits per heavy atom. The molecule has 0 heterocycles. The van der Waals surface area contributed by atoms with E-state index in [2.05, 4.69) is 41.4 Å². The number of rotatable bonds is 12. The molecule has 0 radical (unpaired) electrons. The Morgan fingerprint density at radius 3 is 1.91 bits per heavy atom. The van der Waals surface area contributed by atoms with Gasteiger partial charge in [0.05, 0.1) is 23.5 Å². The van der Waals surface area contributed by atoms with Crippen molar-refractivity contribution in [3.63, 3.8) is 0 Å². The van der Waals surface area contributed by atoms with Crippen molar-refractivity contribution in [2.45, 2.75) is 39.0 Å². The third-order valence-electron chi connectivity index (χ3n) is 7.88. The van der Waals surface area contributed by atoms with Gasteiger partial charge >= 0.3 is 5.97 Å². The summed E-state index contributed by atoms with van der Waals surface area (Å²) in [5.41, 5.74) is 4.04. The van der Waals surface area contributed by atoms with Gasteiger partial charge in [0.25, 0.3) is 0 Å². The molecule has 0 aliphatic heterocycles. The van der Waals surface area contributed by atoms with Gasteiger partial charge in [0.15, 0.2) is 0 Å². The Balaban J connectivity index is 1.03. The first kappa shape index (κ1) is 29.8. The highest BCUT2D eigenvalue weighted by molar-refractivity contribution is 6.08. The second-order valence-corrected chi connectivity index (χ2v) is 11.1. The molecular formula is C40H36N2O3. The molecular weight excluding hydrogens is 556 g/mol. The van der Waals surface area contributed by atoms with Crippen LogP contribution in [0.1, 0.15) is 49.4 Å². The van der Waals surface area contributed by atoms with E-state index in [1.165, 1.54) is 36.5 Å². The van der Waals surface area contributed by atoms with Crippen molar-refractivity contribution in [2.75, 3.05) is 6.61 Å². The molecule has 224 valence electrons. The maximum Gasteiger partial charge on any atom is 0.343 e. The van der Waals surface area contributed by atoms with Crippen molar-refractivity contribution in [1.29, 1.82) is 0 Å². The summed E-state index contributed by atoms with van der Waals surface area (Å²) < 4.78 is 11.6. The fourth-order valence-electron chi connectivity index (χ4n) is 5.36. The topological polar surface area (TPSA) is 60.2 Å². The summed E-state index contributed by atoms with van der Waals surface area (Å²) in [6.45, 7) is 2.97. The monoisotopic (exact) mass is 592 g/mol. The summed E-state index contributed by atoms with van der Waals surface area (Å²) in [4.78, 5) is 12.9. The predicted octanol–water partition coefficient (Wildman–Crippen LogP) is 11.6. The normalized spacial score (nSPS) is 11.3. The average Bonchev–Trinajstić information content (AvgIpc) is 3.09. The first-order valence-corrected chi connectivity index (χ1v) is 15.6. The number of benzene rings is 6. The van der Waals surface area contributed by atoms with E-state index in [0.717, 1.165) is 52.1 Å². The molecule has 0 amide bonds. The third kappa shape index (κ3) is 7.63. The zero-order valence-electron chi connectivity index (χ0n) is 25.5. The summed E-state index contributed by atoms with van der Waals surface area (Å²) in [5, 5.41) is 13.3. The van der Waals surface area contributed by atoms with Crippen molar-refractivity contribution >= 4 is 38.9 Å². The van der Waals surface area contributed by atoms with Crippen LogP contribution in [0.4, 0.5) is 11.4 Å². The maximum absolute atomic E-state index is 12.9. The van der Waals surface area contributed by atoms with E-state index in [0.29, 0.717) is 11.3 Å². The van der Waals surface area contributed by atoms with Gasteiger partial charge in [-0.3, -0.25) is 0 Å². The van der Waals surface area contributed by atoms with E-state index >= 15 is 0 Å². The molecule has 45 heavy (non-hydrogen) atoms. The molecule has 5 nitrogen and oxygen atoms in total. The summed E-state index contributed by atoms with van der Waals surface area (Å²) in [6, 6.07) is 41.2.